The summed E-state index contributed by atoms with van der Waals surface area (Å²) in [6.45, 7) is 0.661. The number of hydrogen-bond donors (Lipinski definition) is 0. The smallest absolute Gasteiger partial charge is 0.310 e. The summed E-state index contributed by atoms with van der Waals surface area (Å²) in [5, 5.41) is 0. The highest BCUT2D eigenvalue weighted by atomic mass is 19.1. The number of nitrogens with zero attached hydrogens (tertiary/aromatic N) is 1. The van der Waals surface area contributed by atoms with Crippen molar-refractivity contribution in [1.29, 1.82) is 0 Å². The number of methoxy groups -OCH3 is 1. The van der Waals surface area contributed by atoms with Gasteiger partial charge in [-0.15, -0.1) is 0 Å². The highest BCUT2D eigenvalue weighted by molar-refractivity contribution is 5.79. The summed E-state index contributed by atoms with van der Waals surface area (Å²) in [6.07, 6.45) is 1.45. The van der Waals surface area contributed by atoms with E-state index in [1.807, 2.05) is 0 Å². The average molecular weight is 295 g/mol. The van der Waals surface area contributed by atoms with E-state index in [1.54, 1.807) is 17.0 Å². The van der Waals surface area contributed by atoms with Gasteiger partial charge in [0.2, 0.25) is 0 Å². The third-order valence-corrected chi connectivity index (χ3v) is 3.50. The van der Waals surface area contributed by atoms with Gasteiger partial charge in [-0.3, -0.25) is 9.59 Å². The van der Waals surface area contributed by atoms with Gasteiger partial charge in [0.05, 0.1) is 13.0 Å². The van der Waals surface area contributed by atoms with Crippen molar-refractivity contribution < 1.29 is 23.5 Å². The topological polar surface area (TPSA) is 55.8 Å². The molecule has 1 aromatic carbocycles. The Morgan fingerprint density at radius 3 is 2.86 bits per heavy atom. The van der Waals surface area contributed by atoms with E-state index >= 15 is 0 Å². The first kappa shape index (κ1) is 15.3. The number of amides is 1. The van der Waals surface area contributed by atoms with Crippen LogP contribution in [0.4, 0.5) is 4.39 Å². The fraction of sp³-hybridized carbons (Fsp3) is 0.467. The van der Waals surface area contributed by atoms with Crippen molar-refractivity contribution in [3.8, 4) is 5.75 Å². The second kappa shape index (κ2) is 7.06. The molecule has 1 amide bonds. The maximum absolute atomic E-state index is 13.4. The van der Waals surface area contributed by atoms with Gasteiger partial charge in [-0.1, -0.05) is 12.1 Å². The molecule has 0 N–H and O–H groups in total. The third kappa shape index (κ3) is 3.93. The highest BCUT2D eigenvalue weighted by Crippen LogP contribution is 2.19. The highest BCUT2D eigenvalue weighted by Gasteiger charge is 2.29. The zero-order valence-electron chi connectivity index (χ0n) is 11.9. The molecule has 114 valence electrons. The number of rotatable bonds is 4. The predicted octanol–water partition coefficient (Wildman–Crippen LogP) is 1.62. The quantitative estimate of drug-likeness (QED) is 0.792. The second-order valence-electron chi connectivity index (χ2n) is 4.92. The first-order chi connectivity index (χ1) is 10.1. The van der Waals surface area contributed by atoms with Gasteiger partial charge in [0.25, 0.3) is 5.91 Å². The van der Waals surface area contributed by atoms with Crippen LogP contribution in [0.15, 0.2) is 24.3 Å². The third-order valence-electron chi connectivity index (χ3n) is 3.50. The normalized spacial score (nSPS) is 18.2. The second-order valence-corrected chi connectivity index (χ2v) is 4.92. The zero-order chi connectivity index (χ0) is 15.2. The first-order valence-corrected chi connectivity index (χ1v) is 6.84. The average Bonchev–Trinajstić information content (AvgIpc) is 2.53. The number of para-hydroxylation sites is 1. The Morgan fingerprint density at radius 1 is 1.38 bits per heavy atom. The van der Waals surface area contributed by atoms with Crippen molar-refractivity contribution in [2.45, 2.75) is 12.8 Å². The minimum Gasteiger partial charge on any atom is -0.481 e. The van der Waals surface area contributed by atoms with Gasteiger partial charge < -0.3 is 14.4 Å². The summed E-state index contributed by atoms with van der Waals surface area (Å²) in [4.78, 5) is 25.1. The number of esters is 1. The molecule has 1 heterocycles. The molecule has 1 unspecified atom stereocenters. The zero-order valence-corrected chi connectivity index (χ0v) is 11.9. The standard InChI is InChI=1S/C15H18FNO4/c1-20-15(19)11-5-4-8-17(9-11)14(18)10-21-13-7-3-2-6-12(13)16/h2-3,6-7,11H,4-5,8-10H2,1H3. The van der Waals surface area contributed by atoms with Gasteiger partial charge in [-0.2, -0.15) is 0 Å². The SMILES string of the molecule is COC(=O)C1CCCN(C(=O)COc2ccccc2F)C1. The fourth-order valence-electron chi connectivity index (χ4n) is 2.36. The Morgan fingerprint density at radius 2 is 2.14 bits per heavy atom. The summed E-state index contributed by atoms with van der Waals surface area (Å²) in [6, 6.07) is 5.93. The van der Waals surface area contributed by atoms with Gasteiger partial charge in [0.15, 0.2) is 18.2 Å². The molecule has 1 aromatic rings. The van der Waals surface area contributed by atoms with Crippen molar-refractivity contribution in [1.82, 2.24) is 4.90 Å². The summed E-state index contributed by atoms with van der Waals surface area (Å²) in [5.74, 6) is -1.31. The van der Waals surface area contributed by atoms with Crippen LogP contribution in [0, 0.1) is 11.7 Å². The minimum absolute atomic E-state index is 0.0485. The Balaban J connectivity index is 1.88. The van der Waals surface area contributed by atoms with E-state index in [9.17, 15) is 14.0 Å². The van der Waals surface area contributed by atoms with Crippen LogP contribution < -0.4 is 4.74 Å². The summed E-state index contributed by atoms with van der Waals surface area (Å²) < 4.78 is 23.3. The van der Waals surface area contributed by atoms with E-state index in [0.717, 1.165) is 6.42 Å². The maximum Gasteiger partial charge on any atom is 0.310 e. The number of carbonyl (C=O) groups excluding carboxylic acids is 2. The van der Waals surface area contributed by atoms with Crippen LogP contribution in [-0.2, 0) is 14.3 Å². The van der Waals surface area contributed by atoms with E-state index < -0.39 is 5.82 Å². The van der Waals surface area contributed by atoms with Crippen molar-refractivity contribution >= 4 is 11.9 Å². The van der Waals surface area contributed by atoms with Crippen molar-refractivity contribution in [2.24, 2.45) is 5.92 Å². The largest absolute Gasteiger partial charge is 0.481 e. The summed E-state index contributed by atoms with van der Waals surface area (Å²) in [5.41, 5.74) is 0. The lowest BCUT2D eigenvalue weighted by Gasteiger charge is -2.31. The summed E-state index contributed by atoms with van der Waals surface area (Å²) in [7, 11) is 1.34. The number of hydrogen-bond acceptors (Lipinski definition) is 4. The fourth-order valence-corrected chi connectivity index (χ4v) is 2.36. The molecule has 5 nitrogen and oxygen atoms in total. The molecule has 0 radical (unpaired) electrons. The molecule has 1 fully saturated rings. The van der Waals surface area contributed by atoms with E-state index in [2.05, 4.69) is 0 Å². The van der Waals surface area contributed by atoms with Gasteiger partial charge in [-0.25, -0.2) is 4.39 Å². The minimum atomic E-state index is -0.503. The monoisotopic (exact) mass is 295 g/mol. The van der Waals surface area contributed by atoms with Crippen LogP contribution >= 0.6 is 0 Å². The van der Waals surface area contributed by atoms with Crippen LogP contribution in [0.1, 0.15) is 12.8 Å². The molecule has 0 saturated carbocycles. The molecule has 2 rings (SSSR count). The van der Waals surface area contributed by atoms with Gasteiger partial charge >= 0.3 is 5.97 Å². The Kier molecular flexibility index (Phi) is 5.14. The van der Waals surface area contributed by atoms with E-state index in [-0.39, 0.29) is 30.2 Å². The van der Waals surface area contributed by atoms with Gasteiger partial charge in [-0.05, 0) is 25.0 Å². The van der Waals surface area contributed by atoms with E-state index in [1.165, 1.54) is 19.2 Å². The van der Waals surface area contributed by atoms with Crippen LogP contribution in [0.25, 0.3) is 0 Å². The lowest BCUT2D eigenvalue weighted by atomic mass is 9.98. The van der Waals surface area contributed by atoms with Crippen molar-refractivity contribution in [3.63, 3.8) is 0 Å². The number of ether oxygens (including phenoxy) is 2. The van der Waals surface area contributed by atoms with E-state index in [0.29, 0.717) is 19.5 Å². The number of likely N-dealkylation sites (tertiary alicyclic amines) is 1. The number of piperidine rings is 1. The molecule has 21 heavy (non-hydrogen) atoms. The molecule has 0 spiro atoms. The number of benzene rings is 1. The van der Waals surface area contributed by atoms with Crippen LogP contribution in [0.2, 0.25) is 0 Å². The number of halogens is 1. The van der Waals surface area contributed by atoms with Crippen LogP contribution in [0.5, 0.6) is 5.75 Å². The van der Waals surface area contributed by atoms with Crippen LogP contribution in [-0.4, -0.2) is 43.6 Å². The molecule has 6 heteroatoms. The Labute approximate surface area is 122 Å². The molecule has 1 aliphatic heterocycles. The van der Waals surface area contributed by atoms with Gasteiger partial charge in [0, 0.05) is 13.1 Å². The Bertz CT molecular complexity index is 520. The lowest BCUT2D eigenvalue weighted by molar-refractivity contribution is -0.149. The Hall–Kier alpha value is -2.11. The molecular weight excluding hydrogens is 277 g/mol. The molecule has 1 aliphatic rings. The van der Waals surface area contributed by atoms with Crippen molar-refractivity contribution in [2.75, 3.05) is 26.8 Å². The molecule has 1 saturated heterocycles. The van der Waals surface area contributed by atoms with E-state index in [4.69, 9.17) is 9.47 Å². The first-order valence-electron chi connectivity index (χ1n) is 6.84. The molecule has 1 atom stereocenters. The molecule has 0 bridgehead atoms. The molecular formula is C15H18FNO4. The van der Waals surface area contributed by atoms with Crippen molar-refractivity contribution in [3.05, 3.63) is 30.1 Å². The number of carbonyl (C=O) groups is 2. The lowest BCUT2D eigenvalue weighted by Crippen LogP contribution is -2.44. The maximum atomic E-state index is 13.4. The molecule has 0 aliphatic carbocycles. The summed E-state index contributed by atoms with van der Waals surface area (Å²) >= 11 is 0. The predicted molar refractivity (Wildman–Crippen MR) is 73.2 cm³/mol. The van der Waals surface area contributed by atoms with Gasteiger partial charge in [0.1, 0.15) is 0 Å². The molecule has 0 aromatic heterocycles. The van der Waals surface area contributed by atoms with Crippen LogP contribution in [0.3, 0.4) is 0 Å².